The molecule has 4 heteroatoms. The van der Waals surface area contributed by atoms with Crippen molar-refractivity contribution in [3.63, 3.8) is 0 Å². The minimum atomic E-state index is 0.675. The fourth-order valence-corrected chi connectivity index (χ4v) is 9.22. The highest BCUT2D eigenvalue weighted by Gasteiger charge is 2.24. The van der Waals surface area contributed by atoms with Gasteiger partial charge in [-0.15, -0.1) is 11.3 Å². The molecule has 0 aliphatic heterocycles. The molecule has 0 unspecified atom stereocenters. The Morgan fingerprint density at radius 3 is 1.90 bits per heavy atom. The van der Waals surface area contributed by atoms with Crippen molar-refractivity contribution in [1.82, 2.24) is 14.5 Å². The topological polar surface area (TPSA) is 30.7 Å². The van der Waals surface area contributed by atoms with Gasteiger partial charge in [0.25, 0.3) is 0 Å². The first-order valence-corrected chi connectivity index (χ1v) is 17.7. The third kappa shape index (κ3) is 3.91. The molecular weight excluding hydrogens is 627 g/mol. The van der Waals surface area contributed by atoms with Crippen molar-refractivity contribution in [3.05, 3.63) is 164 Å². The van der Waals surface area contributed by atoms with Crippen molar-refractivity contribution in [3.8, 4) is 28.3 Å². The van der Waals surface area contributed by atoms with Crippen molar-refractivity contribution < 1.29 is 0 Å². The Bertz CT molecular complexity index is 3140. The molecule has 0 fully saturated rings. The zero-order valence-corrected chi connectivity index (χ0v) is 27.7. The quantitative estimate of drug-likeness (QED) is 0.178. The molecule has 0 saturated carbocycles. The first-order chi connectivity index (χ1) is 24.8. The van der Waals surface area contributed by atoms with Crippen LogP contribution in [0.2, 0.25) is 0 Å². The molecule has 0 atom stereocenters. The van der Waals surface area contributed by atoms with Gasteiger partial charge in [-0.1, -0.05) is 140 Å². The highest BCUT2D eigenvalue weighted by Crippen LogP contribution is 2.48. The van der Waals surface area contributed by atoms with E-state index < -0.39 is 0 Å². The maximum atomic E-state index is 5.51. The molecule has 0 amide bonds. The van der Waals surface area contributed by atoms with Gasteiger partial charge in [-0.25, -0.2) is 9.97 Å². The average molecular weight is 654 g/mol. The molecule has 0 N–H and O–H groups in total. The standard InChI is InChI=1S/C46H27N3S/c1-3-13-28(14-4-1)31-24-26-38-37(27-31)40-33-19-9-10-20-34(33)41-35-21-11-12-22-39(35)50-45(41)44(40)49(38)46-47-42(30-16-5-2-6-17-30)36-25-23-29-15-7-8-18-32(29)43(36)48-46/h1-27H. The first-order valence-electron chi connectivity index (χ1n) is 16.9. The molecular formula is C46H27N3S. The van der Waals surface area contributed by atoms with Crippen LogP contribution >= 0.6 is 11.3 Å². The summed E-state index contributed by atoms with van der Waals surface area (Å²) in [5, 5.41) is 10.8. The number of aromatic nitrogens is 3. The number of rotatable bonds is 3. The normalized spacial score (nSPS) is 12.0. The summed E-state index contributed by atoms with van der Waals surface area (Å²) in [7, 11) is 0. The molecule has 3 heterocycles. The van der Waals surface area contributed by atoms with Crippen LogP contribution in [-0.4, -0.2) is 14.5 Å². The molecule has 3 nitrogen and oxygen atoms in total. The Kier molecular flexibility index (Phi) is 5.83. The summed E-state index contributed by atoms with van der Waals surface area (Å²) < 4.78 is 4.87. The monoisotopic (exact) mass is 653 g/mol. The lowest BCUT2D eigenvalue weighted by molar-refractivity contribution is 1.02. The number of hydrogen-bond acceptors (Lipinski definition) is 3. The van der Waals surface area contributed by atoms with Crippen molar-refractivity contribution in [2.24, 2.45) is 0 Å². The van der Waals surface area contributed by atoms with E-state index in [9.17, 15) is 0 Å². The fraction of sp³-hybridized carbons (Fsp3) is 0. The van der Waals surface area contributed by atoms with Crippen molar-refractivity contribution in [1.29, 1.82) is 0 Å². The van der Waals surface area contributed by atoms with E-state index in [1.165, 1.54) is 52.8 Å². The molecule has 0 radical (unpaired) electrons. The maximum absolute atomic E-state index is 5.51. The van der Waals surface area contributed by atoms with Gasteiger partial charge < -0.3 is 0 Å². The lowest BCUT2D eigenvalue weighted by Gasteiger charge is -2.14. The van der Waals surface area contributed by atoms with E-state index in [-0.39, 0.29) is 0 Å². The fourth-order valence-electron chi connectivity index (χ4n) is 7.96. The molecule has 3 aromatic heterocycles. The van der Waals surface area contributed by atoms with E-state index in [1.54, 1.807) is 0 Å². The van der Waals surface area contributed by atoms with Crippen LogP contribution in [0.15, 0.2) is 164 Å². The molecule has 0 spiro atoms. The maximum Gasteiger partial charge on any atom is 0.235 e. The van der Waals surface area contributed by atoms with Gasteiger partial charge in [0.15, 0.2) is 0 Å². The number of nitrogens with zero attached hydrogens (tertiary/aromatic N) is 3. The molecule has 0 saturated heterocycles. The summed E-state index contributed by atoms with van der Waals surface area (Å²) in [6.07, 6.45) is 0. The minimum absolute atomic E-state index is 0.675. The second-order valence-corrected chi connectivity index (χ2v) is 14.0. The largest absolute Gasteiger partial charge is 0.276 e. The summed E-state index contributed by atoms with van der Waals surface area (Å²) in [5.41, 5.74) is 7.58. The molecule has 0 aliphatic carbocycles. The predicted octanol–water partition coefficient (Wildman–Crippen LogP) is 12.7. The SMILES string of the molecule is c1ccc(-c2ccc3c(c2)c2c4ccccc4c4c5ccccc5sc4c2n3-c2nc(-c3ccccc3)c3ccc4ccccc4c3n2)cc1. The van der Waals surface area contributed by atoms with Gasteiger partial charge in [-0.2, -0.15) is 0 Å². The zero-order chi connectivity index (χ0) is 32.8. The van der Waals surface area contributed by atoms with Gasteiger partial charge >= 0.3 is 0 Å². The van der Waals surface area contributed by atoms with Crippen molar-refractivity contribution >= 4 is 85.8 Å². The van der Waals surface area contributed by atoms with Gasteiger partial charge in [-0.05, 0) is 51.6 Å². The van der Waals surface area contributed by atoms with Gasteiger partial charge in [-0.3, -0.25) is 4.57 Å². The van der Waals surface area contributed by atoms with E-state index in [0.29, 0.717) is 5.95 Å². The van der Waals surface area contributed by atoms with Crippen LogP contribution in [-0.2, 0) is 0 Å². The van der Waals surface area contributed by atoms with E-state index >= 15 is 0 Å². The number of fused-ring (bicyclic) bond motifs is 13. The Balaban J connectivity index is 1.38. The highest BCUT2D eigenvalue weighted by atomic mass is 32.1. The summed E-state index contributed by atoms with van der Waals surface area (Å²) in [6.45, 7) is 0. The summed E-state index contributed by atoms with van der Waals surface area (Å²) in [4.78, 5) is 11.0. The number of benzene rings is 8. The number of hydrogen-bond donors (Lipinski definition) is 0. The Hall–Kier alpha value is -6.36. The molecule has 8 aromatic carbocycles. The van der Waals surface area contributed by atoms with Crippen LogP contribution in [0.4, 0.5) is 0 Å². The molecule has 232 valence electrons. The number of thiophene rings is 1. The highest BCUT2D eigenvalue weighted by molar-refractivity contribution is 7.27. The Morgan fingerprint density at radius 2 is 1.10 bits per heavy atom. The molecule has 0 bridgehead atoms. The van der Waals surface area contributed by atoms with Crippen LogP contribution in [0.1, 0.15) is 0 Å². The second-order valence-electron chi connectivity index (χ2n) is 12.9. The summed E-state index contributed by atoms with van der Waals surface area (Å²) in [6, 6.07) is 58.7. The van der Waals surface area contributed by atoms with Crippen LogP contribution in [0.25, 0.3) is 103 Å². The van der Waals surface area contributed by atoms with Gasteiger partial charge in [0, 0.05) is 42.6 Å². The van der Waals surface area contributed by atoms with Gasteiger partial charge in [0.05, 0.1) is 26.9 Å². The third-order valence-corrected chi connectivity index (χ3v) is 11.4. The second kappa shape index (κ2) is 10.6. The first kappa shape index (κ1) is 27.6. The zero-order valence-electron chi connectivity index (χ0n) is 26.8. The Morgan fingerprint density at radius 1 is 0.440 bits per heavy atom. The lowest BCUT2D eigenvalue weighted by Crippen LogP contribution is -2.04. The lowest BCUT2D eigenvalue weighted by atomic mass is 9.97. The molecule has 50 heavy (non-hydrogen) atoms. The van der Waals surface area contributed by atoms with Crippen LogP contribution in [0, 0.1) is 0 Å². The minimum Gasteiger partial charge on any atom is -0.276 e. The molecule has 0 aliphatic rings. The van der Waals surface area contributed by atoms with E-state index in [1.807, 2.05) is 11.3 Å². The molecule has 11 aromatic rings. The summed E-state index contributed by atoms with van der Waals surface area (Å²) >= 11 is 1.86. The van der Waals surface area contributed by atoms with E-state index in [4.69, 9.17) is 9.97 Å². The Labute approximate surface area is 291 Å². The third-order valence-electron chi connectivity index (χ3n) is 10.2. The average Bonchev–Trinajstić information content (AvgIpc) is 3.75. The van der Waals surface area contributed by atoms with E-state index in [0.717, 1.165) is 44.0 Å². The van der Waals surface area contributed by atoms with Crippen molar-refractivity contribution in [2.75, 3.05) is 0 Å². The van der Waals surface area contributed by atoms with E-state index in [2.05, 4.69) is 168 Å². The van der Waals surface area contributed by atoms with Crippen molar-refractivity contribution in [2.45, 2.75) is 0 Å². The predicted molar refractivity (Wildman–Crippen MR) is 213 cm³/mol. The van der Waals surface area contributed by atoms with Gasteiger partial charge in [0.2, 0.25) is 5.95 Å². The summed E-state index contributed by atoms with van der Waals surface area (Å²) in [5.74, 6) is 0.675. The van der Waals surface area contributed by atoms with Crippen LogP contribution in [0.3, 0.4) is 0 Å². The van der Waals surface area contributed by atoms with Crippen LogP contribution < -0.4 is 0 Å². The van der Waals surface area contributed by atoms with Crippen LogP contribution in [0.5, 0.6) is 0 Å². The molecule has 11 rings (SSSR count). The van der Waals surface area contributed by atoms with Gasteiger partial charge in [0.1, 0.15) is 0 Å². The smallest absolute Gasteiger partial charge is 0.235 e.